The summed E-state index contributed by atoms with van der Waals surface area (Å²) in [6, 6.07) is 0. The van der Waals surface area contributed by atoms with Gasteiger partial charge in [0.05, 0.1) is 6.10 Å². The molecule has 108 valence electrons. The SMILES string of the molecule is COC(C[C@@H](CC=O)O[Si](C)(C)C(C)(C)C)OC. The van der Waals surface area contributed by atoms with E-state index in [2.05, 4.69) is 33.9 Å². The fraction of sp³-hybridized carbons (Fsp3) is 0.923. The standard InChI is InChI=1S/C13H28O4Si/c1-13(2,3)18(6,7)17-11(8-9-14)10-12(15-4)16-5/h9,11-12H,8,10H2,1-7H3/t11-/m1/s1. The Morgan fingerprint density at radius 3 is 2.00 bits per heavy atom. The molecule has 0 bridgehead atoms. The van der Waals surface area contributed by atoms with E-state index < -0.39 is 8.32 Å². The molecule has 0 heterocycles. The molecular weight excluding hydrogens is 248 g/mol. The molecule has 0 saturated carbocycles. The van der Waals surface area contributed by atoms with Crippen molar-refractivity contribution >= 4 is 14.6 Å². The molecule has 0 aliphatic rings. The molecule has 1 atom stereocenters. The molecule has 0 unspecified atom stereocenters. The number of hydrogen-bond donors (Lipinski definition) is 0. The van der Waals surface area contributed by atoms with Crippen LogP contribution in [0.5, 0.6) is 0 Å². The summed E-state index contributed by atoms with van der Waals surface area (Å²) in [7, 11) is 1.32. The Morgan fingerprint density at radius 2 is 1.67 bits per heavy atom. The lowest BCUT2D eigenvalue weighted by atomic mass is 10.2. The van der Waals surface area contributed by atoms with E-state index in [1.54, 1.807) is 14.2 Å². The minimum Gasteiger partial charge on any atom is -0.413 e. The largest absolute Gasteiger partial charge is 0.413 e. The van der Waals surface area contributed by atoms with Gasteiger partial charge < -0.3 is 18.7 Å². The Hall–Kier alpha value is -0.233. The number of hydrogen-bond acceptors (Lipinski definition) is 4. The smallest absolute Gasteiger partial charge is 0.192 e. The molecule has 18 heavy (non-hydrogen) atoms. The summed E-state index contributed by atoms with van der Waals surface area (Å²) >= 11 is 0. The van der Waals surface area contributed by atoms with Gasteiger partial charge in [-0.3, -0.25) is 0 Å². The van der Waals surface area contributed by atoms with E-state index in [1.165, 1.54) is 0 Å². The maximum atomic E-state index is 10.8. The van der Waals surface area contributed by atoms with Crippen molar-refractivity contribution in [2.75, 3.05) is 14.2 Å². The Bertz CT molecular complexity index is 244. The van der Waals surface area contributed by atoms with Gasteiger partial charge in [-0.05, 0) is 18.1 Å². The van der Waals surface area contributed by atoms with Crippen molar-refractivity contribution in [2.24, 2.45) is 0 Å². The first-order chi connectivity index (χ1) is 8.17. The van der Waals surface area contributed by atoms with Crippen LogP contribution in [-0.4, -0.2) is 41.2 Å². The quantitative estimate of drug-likeness (QED) is 0.388. The van der Waals surface area contributed by atoms with E-state index in [0.29, 0.717) is 12.8 Å². The molecule has 0 spiro atoms. The van der Waals surface area contributed by atoms with Gasteiger partial charge in [0.1, 0.15) is 6.29 Å². The summed E-state index contributed by atoms with van der Waals surface area (Å²) in [5.74, 6) is 0. The first kappa shape index (κ1) is 17.8. The third-order valence-electron chi connectivity index (χ3n) is 3.61. The minimum atomic E-state index is -1.87. The fourth-order valence-electron chi connectivity index (χ4n) is 1.40. The molecule has 0 N–H and O–H groups in total. The second-order valence-electron chi connectivity index (χ2n) is 6.04. The van der Waals surface area contributed by atoms with Gasteiger partial charge in [-0.15, -0.1) is 0 Å². The molecule has 0 radical (unpaired) electrons. The van der Waals surface area contributed by atoms with E-state index in [0.717, 1.165) is 6.29 Å². The van der Waals surface area contributed by atoms with E-state index in [4.69, 9.17) is 13.9 Å². The van der Waals surface area contributed by atoms with Crippen molar-refractivity contribution in [1.29, 1.82) is 0 Å². The zero-order chi connectivity index (χ0) is 14.4. The van der Waals surface area contributed by atoms with Crippen molar-refractivity contribution in [3.8, 4) is 0 Å². The number of rotatable bonds is 8. The highest BCUT2D eigenvalue weighted by Crippen LogP contribution is 2.38. The van der Waals surface area contributed by atoms with Crippen LogP contribution in [0.15, 0.2) is 0 Å². The molecule has 0 aliphatic heterocycles. The van der Waals surface area contributed by atoms with Crippen molar-refractivity contribution < 1.29 is 18.7 Å². The first-order valence-electron chi connectivity index (χ1n) is 6.35. The molecular formula is C13H28O4Si. The summed E-state index contributed by atoms with van der Waals surface area (Å²) in [6.07, 6.45) is 1.42. The second-order valence-corrected chi connectivity index (χ2v) is 10.8. The predicted molar refractivity (Wildman–Crippen MR) is 75.2 cm³/mol. The fourth-order valence-corrected chi connectivity index (χ4v) is 2.78. The van der Waals surface area contributed by atoms with Crippen molar-refractivity contribution in [2.45, 2.75) is 64.1 Å². The highest BCUT2D eigenvalue weighted by atomic mass is 28.4. The van der Waals surface area contributed by atoms with Crippen LogP contribution in [-0.2, 0) is 18.7 Å². The summed E-state index contributed by atoms with van der Waals surface area (Å²) in [4.78, 5) is 10.8. The Kier molecular flexibility index (Phi) is 7.28. The van der Waals surface area contributed by atoms with Gasteiger partial charge in [0.2, 0.25) is 0 Å². The molecule has 0 amide bonds. The molecule has 0 fully saturated rings. The van der Waals surface area contributed by atoms with Crippen LogP contribution in [0.2, 0.25) is 18.1 Å². The minimum absolute atomic E-state index is 0.129. The Morgan fingerprint density at radius 1 is 1.17 bits per heavy atom. The van der Waals surface area contributed by atoms with E-state index >= 15 is 0 Å². The van der Waals surface area contributed by atoms with Gasteiger partial charge >= 0.3 is 0 Å². The molecule has 0 aromatic rings. The summed E-state index contributed by atoms with van der Waals surface area (Å²) in [6.45, 7) is 10.9. The van der Waals surface area contributed by atoms with E-state index in [-0.39, 0.29) is 17.4 Å². The monoisotopic (exact) mass is 276 g/mol. The lowest BCUT2D eigenvalue weighted by Crippen LogP contribution is -2.45. The van der Waals surface area contributed by atoms with Crippen LogP contribution in [0.25, 0.3) is 0 Å². The van der Waals surface area contributed by atoms with Crippen LogP contribution >= 0.6 is 0 Å². The van der Waals surface area contributed by atoms with Gasteiger partial charge in [-0.1, -0.05) is 20.8 Å². The molecule has 0 rings (SSSR count). The third-order valence-corrected chi connectivity index (χ3v) is 8.14. The lowest BCUT2D eigenvalue weighted by molar-refractivity contribution is -0.125. The lowest BCUT2D eigenvalue weighted by Gasteiger charge is -2.39. The molecule has 0 saturated heterocycles. The summed E-state index contributed by atoms with van der Waals surface area (Å²) < 4.78 is 16.6. The topological polar surface area (TPSA) is 44.8 Å². The maximum Gasteiger partial charge on any atom is 0.192 e. The molecule has 4 nitrogen and oxygen atoms in total. The molecule has 0 aromatic carbocycles. The number of aldehydes is 1. The number of ether oxygens (including phenoxy) is 2. The maximum absolute atomic E-state index is 10.8. The Balaban J connectivity index is 4.66. The normalized spacial score (nSPS) is 14.9. The predicted octanol–water partition coefficient (Wildman–Crippen LogP) is 2.97. The number of methoxy groups -OCH3 is 2. The summed E-state index contributed by atoms with van der Waals surface area (Å²) in [5.41, 5.74) is 0. The average Bonchev–Trinajstić information content (AvgIpc) is 2.23. The van der Waals surface area contributed by atoms with Crippen LogP contribution in [0.1, 0.15) is 33.6 Å². The van der Waals surface area contributed by atoms with Crippen molar-refractivity contribution in [1.82, 2.24) is 0 Å². The number of carbonyl (C=O) groups excluding carboxylic acids is 1. The summed E-state index contributed by atoms with van der Waals surface area (Å²) in [5, 5.41) is 0.129. The zero-order valence-corrected chi connectivity index (χ0v) is 13.8. The molecule has 5 heteroatoms. The van der Waals surface area contributed by atoms with Gasteiger partial charge in [-0.25, -0.2) is 0 Å². The van der Waals surface area contributed by atoms with Crippen LogP contribution in [0, 0.1) is 0 Å². The highest BCUT2D eigenvalue weighted by Gasteiger charge is 2.39. The first-order valence-corrected chi connectivity index (χ1v) is 9.25. The van der Waals surface area contributed by atoms with E-state index in [1.807, 2.05) is 0 Å². The second kappa shape index (κ2) is 7.38. The van der Waals surface area contributed by atoms with Gasteiger partial charge in [0.25, 0.3) is 0 Å². The molecule has 0 aliphatic carbocycles. The average molecular weight is 276 g/mol. The van der Waals surface area contributed by atoms with E-state index in [9.17, 15) is 4.79 Å². The van der Waals surface area contributed by atoms with Gasteiger partial charge in [0.15, 0.2) is 14.6 Å². The number of carbonyl (C=O) groups is 1. The van der Waals surface area contributed by atoms with Crippen LogP contribution < -0.4 is 0 Å². The van der Waals surface area contributed by atoms with Crippen LogP contribution in [0.3, 0.4) is 0 Å². The van der Waals surface area contributed by atoms with Crippen LogP contribution in [0.4, 0.5) is 0 Å². The van der Waals surface area contributed by atoms with Gasteiger partial charge in [0, 0.05) is 27.1 Å². The van der Waals surface area contributed by atoms with Gasteiger partial charge in [-0.2, -0.15) is 0 Å². The molecule has 0 aromatic heterocycles. The Labute approximate surface area is 112 Å². The van der Waals surface area contributed by atoms with Crippen molar-refractivity contribution in [3.05, 3.63) is 0 Å². The van der Waals surface area contributed by atoms with Crippen molar-refractivity contribution in [3.63, 3.8) is 0 Å². The highest BCUT2D eigenvalue weighted by molar-refractivity contribution is 6.74. The zero-order valence-electron chi connectivity index (χ0n) is 12.8. The third kappa shape index (κ3) is 5.61.